The second kappa shape index (κ2) is 9.98. The Bertz CT molecular complexity index is 1100. The molecule has 0 aliphatic carbocycles. The highest BCUT2D eigenvalue weighted by atomic mass is 35.5. The first-order chi connectivity index (χ1) is 14.5. The Labute approximate surface area is 191 Å². The van der Waals surface area contributed by atoms with Crippen LogP contribution >= 0.6 is 24.2 Å². The van der Waals surface area contributed by atoms with Crippen LogP contribution in [0.5, 0.6) is 0 Å². The van der Waals surface area contributed by atoms with E-state index in [4.69, 9.17) is 0 Å². The molecule has 4 rings (SSSR count). The fourth-order valence-electron chi connectivity index (χ4n) is 3.39. The summed E-state index contributed by atoms with van der Waals surface area (Å²) in [6.07, 6.45) is 1.62. The van der Waals surface area contributed by atoms with Crippen molar-refractivity contribution in [2.75, 3.05) is 35.2 Å². The van der Waals surface area contributed by atoms with Crippen LogP contribution in [0.4, 0.5) is 17.1 Å². The van der Waals surface area contributed by atoms with Crippen LogP contribution in [0.2, 0.25) is 0 Å². The second-order valence-electron chi connectivity index (χ2n) is 7.16. The van der Waals surface area contributed by atoms with Crippen molar-refractivity contribution in [2.45, 2.75) is 13.8 Å². The van der Waals surface area contributed by atoms with Gasteiger partial charge in [0.25, 0.3) is 5.91 Å². The molecule has 7 nitrogen and oxygen atoms in total. The van der Waals surface area contributed by atoms with E-state index in [1.165, 1.54) is 6.92 Å². The van der Waals surface area contributed by atoms with E-state index >= 15 is 0 Å². The molecule has 3 aromatic rings. The third-order valence-electron chi connectivity index (χ3n) is 4.87. The normalized spacial score (nSPS) is 13.4. The van der Waals surface area contributed by atoms with Gasteiger partial charge >= 0.3 is 0 Å². The van der Waals surface area contributed by atoms with Crippen molar-refractivity contribution in [3.63, 3.8) is 0 Å². The van der Waals surface area contributed by atoms with Crippen molar-refractivity contribution in [3.05, 3.63) is 53.9 Å². The molecule has 0 atom stereocenters. The molecule has 162 valence electrons. The van der Waals surface area contributed by atoms with Gasteiger partial charge in [0.05, 0.1) is 11.3 Å². The van der Waals surface area contributed by atoms with Crippen molar-refractivity contribution in [1.29, 1.82) is 0 Å². The maximum Gasteiger partial charge on any atom is 0.257 e. The number of rotatable bonds is 4. The quantitative estimate of drug-likeness (QED) is 0.609. The Morgan fingerprint density at radius 3 is 2.39 bits per heavy atom. The number of halogens is 1. The van der Waals surface area contributed by atoms with Crippen molar-refractivity contribution in [1.82, 2.24) is 14.9 Å². The highest BCUT2D eigenvalue weighted by Gasteiger charge is 2.23. The molecule has 3 heterocycles. The SMILES string of the molecule is CC(=O)Nc1ccc(Nc2c(C(=O)N3CCSCC3)cnc3nc(C)ccc23)cc1.Cl. The average Bonchev–Trinajstić information content (AvgIpc) is 2.75. The number of hydrogen-bond acceptors (Lipinski definition) is 6. The van der Waals surface area contributed by atoms with E-state index in [0.717, 1.165) is 41.4 Å². The van der Waals surface area contributed by atoms with Gasteiger partial charge in [0.15, 0.2) is 5.65 Å². The fraction of sp³-hybridized carbons (Fsp3) is 0.273. The fourth-order valence-corrected chi connectivity index (χ4v) is 4.29. The highest BCUT2D eigenvalue weighted by molar-refractivity contribution is 7.99. The molecule has 2 amide bonds. The van der Waals surface area contributed by atoms with Gasteiger partial charge in [-0.1, -0.05) is 0 Å². The predicted octanol–water partition coefficient (Wildman–Crippen LogP) is 4.25. The Morgan fingerprint density at radius 2 is 1.71 bits per heavy atom. The molecule has 1 aliphatic rings. The zero-order valence-electron chi connectivity index (χ0n) is 17.3. The monoisotopic (exact) mass is 457 g/mol. The molecule has 1 aliphatic heterocycles. The maximum atomic E-state index is 13.3. The summed E-state index contributed by atoms with van der Waals surface area (Å²) in [5, 5.41) is 6.94. The minimum atomic E-state index is -0.121. The van der Waals surface area contributed by atoms with E-state index in [1.54, 1.807) is 6.20 Å². The van der Waals surface area contributed by atoms with Crippen LogP contribution in [0, 0.1) is 6.92 Å². The van der Waals surface area contributed by atoms with Gasteiger partial charge in [0, 0.05) is 60.2 Å². The summed E-state index contributed by atoms with van der Waals surface area (Å²) in [6.45, 7) is 4.86. The van der Waals surface area contributed by atoms with Gasteiger partial charge in [0.2, 0.25) is 5.91 Å². The number of nitrogens with one attached hydrogen (secondary N) is 2. The maximum absolute atomic E-state index is 13.3. The van der Waals surface area contributed by atoms with E-state index in [0.29, 0.717) is 22.6 Å². The summed E-state index contributed by atoms with van der Waals surface area (Å²) in [5.74, 6) is 1.74. The Kier molecular flexibility index (Phi) is 7.35. The average molecular weight is 458 g/mol. The standard InChI is InChI=1S/C22H23N5O2S.ClH/c1-14-3-8-18-20(26-17-6-4-16(5-7-17)25-15(2)28)19(13-23-21(18)24-14)22(29)27-9-11-30-12-10-27;/h3-8,13H,9-12H2,1-2H3,(H,25,28)(H,23,24,26);1H. The summed E-state index contributed by atoms with van der Waals surface area (Å²) in [5.41, 5.74) is 4.22. The van der Waals surface area contributed by atoms with Gasteiger partial charge in [-0.05, 0) is 43.3 Å². The molecular weight excluding hydrogens is 434 g/mol. The molecule has 1 fully saturated rings. The minimum absolute atomic E-state index is 0. The number of carbonyl (C=O) groups is 2. The van der Waals surface area contributed by atoms with Crippen LogP contribution in [0.15, 0.2) is 42.6 Å². The number of carbonyl (C=O) groups excluding carboxylic acids is 2. The van der Waals surface area contributed by atoms with Gasteiger partial charge in [-0.3, -0.25) is 9.59 Å². The number of aromatic nitrogens is 2. The van der Waals surface area contributed by atoms with E-state index in [9.17, 15) is 9.59 Å². The van der Waals surface area contributed by atoms with Gasteiger partial charge in [-0.25, -0.2) is 9.97 Å². The second-order valence-corrected chi connectivity index (χ2v) is 8.38. The Hall–Kier alpha value is -2.84. The molecule has 0 saturated carbocycles. The number of hydrogen-bond donors (Lipinski definition) is 2. The minimum Gasteiger partial charge on any atom is -0.354 e. The van der Waals surface area contributed by atoms with Crippen LogP contribution in [-0.4, -0.2) is 51.3 Å². The van der Waals surface area contributed by atoms with Crippen LogP contribution < -0.4 is 10.6 Å². The Morgan fingerprint density at radius 1 is 1.03 bits per heavy atom. The molecule has 31 heavy (non-hydrogen) atoms. The first-order valence-electron chi connectivity index (χ1n) is 9.79. The van der Waals surface area contributed by atoms with E-state index in [2.05, 4.69) is 20.6 Å². The van der Waals surface area contributed by atoms with Crippen LogP contribution in [0.25, 0.3) is 11.0 Å². The topological polar surface area (TPSA) is 87.2 Å². The number of anilines is 3. The zero-order valence-corrected chi connectivity index (χ0v) is 19.0. The van der Waals surface area contributed by atoms with Crippen molar-refractivity contribution in [2.24, 2.45) is 0 Å². The van der Waals surface area contributed by atoms with Crippen LogP contribution in [0.1, 0.15) is 23.0 Å². The summed E-state index contributed by atoms with van der Waals surface area (Å²) in [6, 6.07) is 11.2. The molecule has 0 unspecified atom stereocenters. The summed E-state index contributed by atoms with van der Waals surface area (Å²) >= 11 is 1.86. The number of fused-ring (bicyclic) bond motifs is 1. The number of nitrogens with zero attached hydrogens (tertiary/aromatic N) is 3. The molecule has 0 spiro atoms. The van der Waals surface area contributed by atoms with Gasteiger partial charge in [0.1, 0.15) is 0 Å². The first kappa shape index (κ1) is 22.8. The smallest absolute Gasteiger partial charge is 0.257 e. The van der Waals surface area contributed by atoms with Gasteiger partial charge in [-0.15, -0.1) is 12.4 Å². The van der Waals surface area contributed by atoms with Gasteiger partial charge < -0.3 is 15.5 Å². The number of pyridine rings is 2. The molecule has 0 radical (unpaired) electrons. The lowest BCUT2D eigenvalue weighted by molar-refractivity contribution is -0.114. The van der Waals surface area contributed by atoms with Crippen molar-refractivity contribution in [3.8, 4) is 0 Å². The molecule has 2 aromatic heterocycles. The predicted molar refractivity (Wildman–Crippen MR) is 129 cm³/mol. The van der Waals surface area contributed by atoms with Gasteiger partial charge in [-0.2, -0.15) is 11.8 Å². The highest BCUT2D eigenvalue weighted by Crippen LogP contribution is 2.30. The zero-order chi connectivity index (χ0) is 21.1. The Balaban J connectivity index is 0.00000272. The summed E-state index contributed by atoms with van der Waals surface area (Å²) < 4.78 is 0. The largest absolute Gasteiger partial charge is 0.354 e. The lowest BCUT2D eigenvalue weighted by atomic mass is 10.1. The number of benzene rings is 1. The first-order valence-corrected chi connectivity index (χ1v) is 10.9. The lowest BCUT2D eigenvalue weighted by Gasteiger charge is -2.27. The molecule has 0 bridgehead atoms. The third-order valence-corrected chi connectivity index (χ3v) is 5.81. The number of thioether (sulfide) groups is 1. The number of amides is 2. The van der Waals surface area contributed by atoms with E-state index in [-0.39, 0.29) is 24.2 Å². The third kappa shape index (κ3) is 5.26. The lowest BCUT2D eigenvalue weighted by Crippen LogP contribution is -2.38. The molecular formula is C22H24ClN5O2S. The molecule has 1 saturated heterocycles. The van der Waals surface area contributed by atoms with Crippen molar-refractivity contribution >= 4 is 64.1 Å². The van der Waals surface area contributed by atoms with Crippen LogP contribution in [0.3, 0.4) is 0 Å². The van der Waals surface area contributed by atoms with Crippen molar-refractivity contribution < 1.29 is 9.59 Å². The molecule has 2 N–H and O–H groups in total. The number of aryl methyl sites for hydroxylation is 1. The summed E-state index contributed by atoms with van der Waals surface area (Å²) in [7, 11) is 0. The molecule has 9 heteroatoms. The molecule has 1 aromatic carbocycles. The van der Waals surface area contributed by atoms with E-state index < -0.39 is 0 Å². The van der Waals surface area contributed by atoms with Crippen LogP contribution in [-0.2, 0) is 4.79 Å². The van der Waals surface area contributed by atoms with E-state index in [1.807, 2.05) is 60.0 Å². The summed E-state index contributed by atoms with van der Waals surface area (Å²) in [4.78, 5) is 35.4.